The summed E-state index contributed by atoms with van der Waals surface area (Å²) in [5.41, 5.74) is 2.11. The molecule has 0 bridgehead atoms. The molecule has 218 valence electrons. The molecule has 1 N–H and O–H groups in total. The minimum absolute atomic E-state index is 0.00884. The summed E-state index contributed by atoms with van der Waals surface area (Å²) in [5.74, 6) is 0.543. The normalized spacial score (nSPS) is 16.0. The number of hydrogen-bond acceptors (Lipinski definition) is 8. The molecule has 0 saturated carbocycles. The zero-order valence-corrected chi connectivity index (χ0v) is 24.6. The van der Waals surface area contributed by atoms with Crippen molar-refractivity contribution in [2.75, 3.05) is 18.5 Å². The topological polar surface area (TPSA) is 99.6 Å². The quantitative estimate of drug-likeness (QED) is 0.190. The summed E-state index contributed by atoms with van der Waals surface area (Å²) in [6.45, 7) is 3.96. The van der Waals surface area contributed by atoms with Crippen LogP contribution in [0.1, 0.15) is 31.4 Å². The second-order valence-corrected chi connectivity index (χ2v) is 11.6. The Kier molecular flexibility index (Phi) is 9.06. The van der Waals surface area contributed by atoms with Crippen LogP contribution in [0.5, 0.6) is 5.75 Å². The van der Waals surface area contributed by atoms with Crippen molar-refractivity contribution in [3.05, 3.63) is 101 Å². The predicted octanol–water partition coefficient (Wildman–Crippen LogP) is 6.60. The number of aromatic nitrogens is 2. The van der Waals surface area contributed by atoms with Gasteiger partial charge in [0.1, 0.15) is 30.3 Å². The number of halogens is 2. The van der Waals surface area contributed by atoms with Gasteiger partial charge in [-0.3, -0.25) is 0 Å². The second kappa shape index (κ2) is 12.9. The van der Waals surface area contributed by atoms with E-state index in [0.717, 1.165) is 16.5 Å². The molecule has 0 amide bonds. The average molecular weight is 610 g/mol. The lowest BCUT2D eigenvalue weighted by Crippen LogP contribution is -2.32. The number of rotatable bonds is 11. The summed E-state index contributed by atoms with van der Waals surface area (Å²) in [6, 6.07) is 17.2. The Labute approximate surface area is 249 Å². The van der Waals surface area contributed by atoms with E-state index in [4.69, 9.17) is 25.8 Å². The van der Waals surface area contributed by atoms with Crippen LogP contribution < -0.4 is 10.1 Å². The Bertz CT molecular complexity index is 1760. The molecule has 1 atom stereocenters. The third-order valence-corrected chi connectivity index (χ3v) is 8.23. The van der Waals surface area contributed by atoms with Crippen molar-refractivity contribution in [1.82, 2.24) is 9.97 Å². The fourth-order valence-electron chi connectivity index (χ4n) is 4.61. The van der Waals surface area contributed by atoms with E-state index < -0.39 is 15.9 Å². The molecule has 5 rings (SSSR count). The summed E-state index contributed by atoms with van der Waals surface area (Å²) >= 11 is 6.50. The molecule has 1 aliphatic heterocycles. The lowest BCUT2D eigenvalue weighted by atomic mass is 9.91. The van der Waals surface area contributed by atoms with Gasteiger partial charge in [-0.25, -0.2) is 14.4 Å². The molecule has 2 heterocycles. The van der Waals surface area contributed by atoms with E-state index in [-0.39, 0.29) is 31.6 Å². The fourth-order valence-corrected chi connectivity index (χ4v) is 5.41. The summed E-state index contributed by atoms with van der Waals surface area (Å²) in [4.78, 5) is 9.17. The Hall–Kier alpha value is -3.99. The number of benzene rings is 3. The van der Waals surface area contributed by atoms with E-state index >= 15 is 0 Å². The van der Waals surface area contributed by atoms with Crippen molar-refractivity contribution in [3.63, 3.8) is 0 Å². The lowest BCUT2D eigenvalue weighted by molar-refractivity contribution is -0.0364. The molecular formula is C31H29ClFN3O5S. The van der Waals surface area contributed by atoms with Crippen molar-refractivity contribution in [2.45, 2.75) is 32.5 Å². The van der Waals surface area contributed by atoms with Gasteiger partial charge in [-0.05, 0) is 65.6 Å². The first-order chi connectivity index (χ1) is 20.2. The number of anilines is 2. The molecule has 42 heavy (non-hydrogen) atoms. The van der Waals surface area contributed by atoms with Crippen LogP contribution in [0, 0.1) is 11.7 Å². The van der Waals surface area contributed by atoms with Crippen molar-refractivity contribution in [3.8, 4) is 5.75 Å². The number of ether oxygens (including phenoxy) is 3. The summed E-state index contributed by atoms with van der Waals surface area (Å²) in [6.07, 6.45) is 5.57. The lowest BCUT2D eigenvalue weighted by Gasteiger charge is -2.29. The van der Waals surface area contributed by atoms with Gasteiger partial charge in [-0.1, -0.05) is 43.6 Å². The largest absolute Gasteiger partial charge is 0.488 e. The molecule has 0 spiro atoms. The molecule has 0 radical (unpaired) electrons. The van der Waals surface area contributed by atoms with Crippen LogP contribution in [0.4, 0.5) is 15.9 Å². The van der Waals surface area contributed by atoms with Crippen LogP contribution in [0.15, 0.2) is 79.3 Å². The van der Waals surface area contributed by atoms with Crippen LogP contribution in [0.2, 0.25) is 5.02 Å². The maximum absolute atomic E-state index is 13.5. The van der Waals surface area contributed by atoms with Gasteiger partial charge in [-0.2, -0.15) is 8.42 Å². The number of fused-ring (bicyclic) bond motifs is 1. The number of nitrogens with one attached hydrogen (secondary N) is 1. The number of hydrogen-bond donors (Lipinski definition) is 1. The molecule has 1 aliphatic rings. The Morgan fingerprint density at radius 1 is 1.14 bits per heavy atom. The highest BCUT2D eigenvalue weighted by Crippen LogP contribution is 2.38. The van der Waals surface area contributed by atoms with E-state index in [0.29, 0.717) is 39.1 Å². The standard InChI is InChI=1S/C31H29ClFN3O5S/c1-20(2)29(42(37)38)17-39-18-31(11-4-12-41-31)22-7-9-27-25(14-22)30(35-19-34-27)36-24-8-10-28(26(32)15-24)40-16-21-5-3-6-23(33)13-21/h3-10,12-15,19-20H,11,16-18H2,1-2H3,(H,34,35,36). The highest BCUT2D eigenvalue weighted by atomic mass is 35.5. The molecule has 0 fully saturated rings. The van der Waals surface area contributed by atoms with Crippen molar-refractivity contribution < 1.29 is 27.0 Å². The van der Waals surface area contributed by atoms with Gasteiger partial charge in [0.15, 0.2) is 5.60 Å². The average Bonchev–Trinajstić information content (AvgIpc) is 3.44. The molecular weight excluding hydrogens is 581 g/mol. The molecule has 0 saturated heterocycles. The Morgan fingerprint density at radius 2 is 2.00 bits per heavy atom. The van der Waals surface area contributed by atoms with Gasteiger partial charge in [0.2, 0.25) is 10.3 Å². The maximum Gasteiger partial charge on any atom is 0.215 e. The van der Waals surface area contributed by atoms with Gasteiger partial charge in [0, 0.05) is 17.5 Å². The minimum atomic E-state index is -2.32. The highest BCUT2D eigenvalue weighted by molar-refractivity contribution is 7.73. The number of nitrogens with zero attached hydrogens (tertiary/aromatic N) is 2. The van der Waals surface area contributed by atoms with Gasteiger partial charge in [0.05, 0.1) is 34.9 Å². The Morgan fingerprint density at radius 3 is 2.71 bits per heavy atom. The van der Waals surface area contributed by atoms with Crippen molar-refractivity contribution in [2.24, 2.45) is 5.92 Å². The smallest absolute Gasteiger partial charge is 0.215 e. The molecule has 0 aliphatic carbocycles. The molecule has 8 nitrogen and oxygen atoms in total. The predicted molar refractivity (Wildman–Crippen MR) is 161 cm³/mol. The summed E-state index contributed by atoms with van der Waals surface area (Å²) in [7, 11) is -2.32. The molecule has 1 aromatic heterocycles. The van der Waals surface area contributed by atoms with Gasteiger partial charge in [-0.15, -0.1) is 0 Å². The monoisotopic (exact) mass is 609 g/mol. The maximum atomic E-state index is 13.5. The van der Waals surface area contributed by atoms with Crippen LogP contribution in [-0.4, -0.2) is 36.5 Å². The van der Waals surface area contributed by atoms with Gasteiger partial charge in [0.25, 0.3) is 0 Å². The van der Waals surface area contributed by atoms with Crippen LogP contribution >= 0.6 is 11.6 Å². The third-order valence-electron chi connectivity index (χ3n) is 6.91. The van der Waals surface area contributed by atoms with Crippen molar-refractivity contribution >= 4 is 49.2 Å². The summed E-state index contributed by atoms with van der Waals surface area (Å²) in [5, 5.41) is 4.44. The Balaban J connectivity index is 1.36. The van der Waals surface area contributed by atoms with Crippen LogP contribution in [-0.2, 0) is 32.0 Å². The van der Waals surface area contributed by atoms with E-state index in [1.165, 1.54) is 18.5 Å². The van der Waals surface area contributed by atoms with E-state index in [1.807, 2.05) is 44.2 Å². The first-order valence-corrected chi connectivity index (χ1v) is 14.7. The first kappa shape index (κ1) is 29.5. The molecule has 3 aromatic carbocycles. The minimum Gasteiger partial charge on any atom is -0.488 e. The van der Waals surface area contributed by atoms with Crippen LogP contribution in [0.25, 0.3) is 10.9 Å². The van der Waals surface area contributed by atoms with E-state index in [9.17, 15) is 12.8 Å². The first-order valence-electron chi connectivity index (χ1n) is 13.3. The molecule has 11 heteroatoms. The second-order valence-electron chi connectivity index (χ2n) is 10.2. The van der Waals surface area contributed by atoms with Crippen LogP contribution in [0.3, 0.4) is 0 Å². The molecule has 4 aromatic rings. The zero-order chi connectivity index (χ0) is 29.7. The molecule has 1 unspecified atom stereocenters. The highest BCUT2D eigenvalue weighted by Gasteiger charge is 2.36. The summed E-state index contributed by atoms with van der Waals surface area (Å²) < 4.78 is 54.4. The zero-order valence-electron chi connectivity index (χ0n) is 23.0. The van der Waals surface area contributed by atoms with E-state index in [1.54, 1.807) is 30.5 Å². The van der Waals surface area contributed by atoms with Gasteiger partial charge < -0.3 is 19.5 Å². The van der Waals surface area contributed by atoms with Crippen molar-refractivity contribution in [1.29, 1.82) is 0 Å². The SMILES string of the molecule is CC(C)C(COCC1(c2ccc3ncnc(Nc4ccc(OCc5cccc(F)c5)c(Cl)c4)c3c2)CC=CO1)=S(=O)=O. The fraction of sp³-hybridized carbons (Fsp3) is 0.258. The van der Waals surface area contributed by atoms with E-state index in [2.05, 4.69) is 15.3 Å². The van der Waals surface area contributed by atoms with Gasteiger partial charge >= 0.3 is 0 Å². The third kappa shape index (κ3) is 6.73.